The lowest BCUT2D eigenvalue weighted by Gasteiger charge is -2.44. The second-order valence-corrected chi connectivity index (χ2v) is 11.8. The standard InChI is InChI=1S/C30H39N3O4/c1-20-16-22(5-7-25(20)33-12-14-35-15-13-33)23-4-6-24-26(17-23)36-19-30(2,3)28(24)31-29(34)37-27-18-32-10-8-21(27)9-11-32/h4-7,16-17,21,27-28H,8-15,18-19H2,1-3H3,(H,31,34)/t27-,28?/m1/s1. The van der Waals surface area contributed by atoms with E-state index >= 15 is 0 Å². The Kier molecular flexibility index (Phi) is 6.53. The van der Waals surface area contributed by atoms with Gasteiger partial charge in [-0.1, -0.05) is 32.0 Å². The zero-order valence-corrected chi connectivity index (χ0v) is 22.3. The molecule has 2 aromatic carbocycles. The first-order valence-electron chi connectivity index (χ1n) is 13.8. The number of amides is 1. The van der Waals surface area contributed by atoms with E-state index in [9.17, 15) is 4.79 Å². The molecule has 0 aliphatic carbocycles. The molecular weight excluding hydrogens is 466 g/mol. The second-order valence-electron chi connectivity index (χ2n) is 11.8. The van der Waals surface area contributed by atoms with Crippen LogP contribution in [0.4, 0.5) is 10.5 Å². The fourth-order valence-corrected chi connectivity index (χ4v) is 6.45. The minimum absolute atomic E-state index is 0.00373. The van der Waals surface area contributed by atoms with Gasteiger partial charge in [-0.25, -0.2) is 4.79 Å². The maximum Gasteiger partial charge on any atom is 0.407 e. The number of morpholine rings is 1. The van der Waals surface area contributed by atoms with E-state index < -0.39 is 0 Å². The van der Waals surface area contributed by atoms with Crippen LogP contribution in [0.5, 0.6) is 5.75 Å². The average molecular weight is 506 g/mol. The predicted molar refractivity (Wildman–Crippen MR) is 144 cm³/mol. The number of carbonyl (C=O) groups excluding carboxylic acids is 1. The van der Waals surface area contributed by atoms with Gasteiger partial charge in [0.05, 0.1) is 25.9 Å². The Bertz CT molecular complexity index is 1150. The van der Waals surface area contributed by atoms with Gasteiger partial charge in [-0.15, -0.1) is 0 Å². The summed E-state index contributed by atoms with van der Waals surface area (Å²) in [5, 5.41) is 3.21. The van der Waals surface area contributed by atoms with Gasteiger partial charge in [-0.05, 0) is 73.7 Å². The smallest absolute Gasteiger partial charge is 0.407 e. The molecule has 2 bridgehead atoms. The molecule has 0 saturated carbocycles. The Morgan fingerprint density at radius 3 is 2.46 bits per heavy atom. The number of hydrogen-bond acceptors (Lipinski definition) is 6. The Balaban J connectivity index is 1.19. The summed E-state index contributed by atoms with van der Waals surface area (Å²) in [7, 11) is 0. The maximum atomic E-state index is 13.0. The largest absolute Gasteiger partial charge is 0.493 e. The topological polar surface area (TPSA) is 63.3 Å². The van der Waals surface area contributed by atoms with E-state index in [0.717, 1.165) is 81.2 Å². The van der Waals surface area contributed by atoms with Crippen LogP contribution in [0.1, 0.15) is 43.9 Å². The normalized spacial score (nSPS) is 28.2. The molecule has 5 aliphatic rings. The van der Waals surface area contributed by atoms with E-state index in [1.165, 1.54) is 11.3 Å². The lowest BCUT2D eigenvalue weighted by molar-refractivity contribution is -0.0361. The highest BCUT2D eigenvalue weighted by molar-refractivity contribution is 5.72. The first-order valence-corrected chi connectivity index (χ1v) is 13.8. The molecule has 2 atom stereocenters. The van der Waals surface area contributed by atoms with Gasteiger partial charge in [0.1, 0.15) is 11.9 Å². The molecule has 4 fully saturated rings. The molecule has 1 N–H and O–H groups in total. The number of nitrogens with zero attached hydrogens (tertiary/aromatic N) is 2. The van der Waals surface area contributed by atoms with Crippen molar-refractivity contribution in [2.75, 3.05) is 57.4 Å². The summed E-state index contributed by atoms with van der Waals surface area (Å²) in [6.45, 7) is 13.5. The molecule has 1 unspecified atom stereocenters. The number of anilines is 1. The number of nitrogens with one attached hydrogen (secondary N) is 1. The number of fused-ring (bicyclic) bond motifs is 4. The van der Waals surface area contributed by atoms with Gasteiger partial charge in [0, 0.05) is 36.3 Å². The molecule has 198 valence electrons. The minimum atomic E-state index is -0.317. The molecule has 0 spiro atoms. The SMILES string of the molecule is Cc1cc(-c2ccc3c(c2)OCC(C)(C)C3NC(=O)O[C@@H]2CN3CCC2CC3)ccc1N1CCOCC1. The first kappa shape index (κ1) is 24.6. The van der Waals surface area contributed by atoms with Crippen molar-refractivity contribution in [3.63, 3.8) is 0 Å². The summed E-state index contributed by atoms with van der Waals surface area (Å²) in [5.41, 5.74) is 5.56. The van der Waals surface area contributed by atoms with Crippen molar-refractivity contribution in [3.8, 4) is 16.9 Å². The number of alkyl carbamates (subject to hydrolysis) is 1. The number of ether oxygens (including phenoxy) is 3. The van der Waals surface area contributed by atoms with Crippen LogP contribution in [0, 0.1) is 18.3 Å². The van der Waals surface area contributed by atoms with Gasteiger partial charge in [0.2, 0.25) is 0 Å². The maximum absolute atomic E-state index is 13.0. The zero-order chi connectivity index (χ0) is 25.6. The summed E-state index contributed by atoms with van der Waals surface area (Å²) in [6, 6.07) is 12.8. The van der Waals surface area contributed by atoms with E-state index in [2.05, 4.69) is 72.3 Å². The van der Waals surface area contributed by atoms with Crippen molar-refractivity contribution in [2.24, 2.45) is 11.3 Å². The van der Waals surface area contributed by atoms with E-state index in [1.807, 2.05) is 0 Å². The van der Waals surface area contributed by atoms with Crippen molar-refractivity contribution < 1.29 is 19.0 Å². The number of piperidine rings is 3. The lowest BCUT2D eigenvalue weighted by Crippen LogP contribution is -2.53. The Labute approximate surface area is 220 Å². The Morgan fingerprint density at radius 2 is 1.76 bits per heavy atom. The second kappa shape index (κ2) is 9.84. The van der Waals surface area contributed by atoms with Gasteiger partial charge in [0.15, 0.2) is 0 Å². The van der Waals surface area contributed by atoms with Crippen molar-refractivity contribution in [3.05, 3.63) is 47.5 Å². The summed E-state index contributed by atoms with van der Waals surface area (Å²) >= 11 is 0. The van der Waals surface area contributed by atoms with Crippen LogP contribution in [-0.4, -0.2) is 69.6 Å². The van der Waals surface area contributed by atoms with Crippen LogP contribution < -0.4 is 15.0 Å². The Morgan fingerprint density at radius 1 is 1.03 bits per heavy atom. The predicted octanol–water partition coefficient (Wildman–Crippen LogP) is 4.78. The van der Waals surface area contributed by atoms with Crippen LogP contribution in [0.2, 0.25) is 0 Å². The van der Waals surface area contributed by atoms with E-state index in [-0.39, 0.29) is 23.7 Å². The molecule has 7 rings (SSSR count). The fourth-order valence-electron chi connectivity index (χ4n) is 6.45. The minimum Gasteiger partial charge on any atom is -0.493 e. The van der Waals surface area contributed by atoms with Crippen molar-refractivity contribution in [2.45, 2.75) is 45.8 Å². The summed E-state index contributed by atoms with van der Waals surface area (Å²) in [6.07, 6.45) is 1.93. The van der Waals surface area contributed by atoms with E-state index in [0.29, 0.717) is 12.5 Å². The molecule has 5 aliphatic heterocycles. The monoisotopic (exact) mass is 505 g/mol. The van der Waals surface area contributed by atoms with Gasteiger partial charge >= 0.3 is 6.09 Å². The molecule has 1 amide bonds. The molecule has 2 aromatic rings. The molecule has 0 radical (unpaired) electrons. The fraction of sp³-hybridized carbons (Fsp3) is 0.567. The summed E-state index contributed by atoms with van der Waals surface area (Å²) in [5.74, 6) is 1.33. The quantitative estimate of drug-likeness (QED) is 0.645. The molecule has 7 nitrogen and oxygen atoms in total. The highest BCUT2D eigenvalue weighted by Gasteiger charge is 2.41. The summed E-state index contributed by atoms with van der Waals surface area (Å²) < 4.78 is 17.7. The third kappa shape index (κ3) is 4.91. The van der Waals surface area contributed by atoms with Crippen LogP contribution >= 0.6 is 0 Å². The van der Waals surface area contributed by atoms with Crippen molar-refractivity contribution >= 4 is 11.8 Å². The van der Waals surface area contributed by atoms with Crippen LogP contribution in [0.15, 0.2) is 36.4 Å². The number of rotatable bonds is 4. The molecule has 37 heavy (non-hydrogen) atoms. The average Bonchev–Trinajstić information content (AvgIpc) is 2.91. The number of aryl methyl sites for hydroxylation is 1. The highest BCUT2D eigenvalue weighted by Crippen LogP contribution is 2.44. The molecule has 0 aromatic heterocycles. The third-order valence-corrected chi connectivity index (χ3v) is 8.70. The highest BCUT2D eigenvalue weighted by atomic mass is 16.6. The number of benzene rings is 2. The van der Waals surface area contributed by atoms with Gasteiger partial charge < -0.3 is 24.4 Å². The third-order valence-electron chi connectivity index (χ3n) is 8.70. The first-order chi connectivity index (χ1) is 17.9. The molecule has 5 heterocycles. The lowest BCUT2D eigenvalue weighted by atomic mass is 9.78. The van der Waals surface area contributed by atoms with Crippen molar-refractivity contribution in [1.82, 2.24) is 10.2 Å². The van der Waals surface area contributed by atoms with Crippen molar-refractivity contribution in [1.29, 1.82) is 0 Å². The summed E-state index contributed by atoms with van der Waals surface area (Å²) in [4.78, 5) is 17.8. The van der Waals surface area contributed by atoms with Gasteiger partial charge in [-0.2, -0.15) is 0 Å². The number of carbonyl (C=O) groups is 1. The van der Waals surface area contributed by atoms with Gasteiger partial charge in [-0.3, -0.25) is 4.90 Å². The molecule has 4 saturated heterocycles. The van der Waals surface area contributed by atoms with E-state index in [1.54, 1.807) is 0 Å². The Hall–Kier alpha value is -2.77. The zero-order valence-electron chi connectivity index (χ0n) is 22.3. The van der Waals surface area contributed by atoms with Crippen LogP contribution in [-0.2, 0) is 9.47 Å². The van der Waals surface area contributed by atoms with Crippen LogP contribution in [0.25, 0.3) is 11.1 Å². The molecule has 7 heteroatoms. The van der Waals surface area contributed by atoms with Crippen LogP contribution in [0.3, 0.4) is 0 Å². The molecular formula is C30H39N3O4. The van der Waals surface area contributed by atoms with E-state index in [4.69, 9.17) is 14.2 Å². The number of hydrogen-bond donors (Lipinski definition) is 1. The van der Waals surface area contributed by atoms with Gasteiger partial charge in [0.25, 0.3) is 0 Å².